The fraction of sp³-hybridized carbons (Fsp3) is 0.455. The number of halogens is 1. The molecule has 3 rings (SSSR count). The summed E-state index contributed by atoms with van der Waals surface area (Å²) in [4.78, 5) is 9.37. The molecule has 0 aromatic carbocycles. The summed E-state index contributed by atoms with van der Waals surface area (Å²) in [5.41, 5.74) is 0. The minimum atomic E-state index is 0.296. The first-order valence-corrected chi connectivity index (χ1v) is 6.72. The Morgan fingerprint density at radius 1 is 1.47 bits per heavy atom. The minimum Gasteiger partial charge on any atom is -0.381 e. The van der Waals surface area contributed by atoms with Crippen molar-refractivity contribution in [2.75, 3.05) is 12.4 Å². The normalized spacial score (nSPS) is 23.6. The number of ether oxygens (including phenoxy) is 1. The van der Waals surface area contributed by atoms with Gasteiger partial charge in [0.05, 0.1) is 11.5 Å². The highest BCUT2D eigenvalue weighted by molar-refractivity contribution is 7.16. The van der Waals surface area contributed by atoms with Crippen LogP contribution in [0.5, 0.6) is 0 Å². The van der Waals surface area contributed by atoms with Gasteiger partial charge < -0.3 is 10.1 Å². The van der Waals surface area contributed by atoms with E-state index in [1.165, 1.54) is 0 Å². The zero-order valence-electron chi connectivity index (χ0n) is 9.31. The Kier molecular flexibility index (Phi) is 2.90. The van der Waals surface area contributed by atoms with Crippen LogP contribution in [0.15, 0.2) is 11.4 Å². The predicted octanol–water partition coefficient (Wildman–Crippen LogP) is 2.93. The molecule has 1 N–H and O–H groups in total. The lowest BCUT2D eigenvalue weighted by molar-refractivity contribution is 0.0328. The number of hydrogen-bond donors (Lipinski definition) is 1. The molecular formula is C11H12ClN3OS. The first-order chi connectivity index (χ1) is 8.26. The van der Waals surface area contributed by atoms with Crippen molar-refractivity contribution in [3.8, 4) is 0 Å². The molecule has 1 aliphatic carbocycles. The standard InChI is InChI=1S/C11H12ClN3OS/c1-16-7-4-6(5-7)13-9-8-2-3-17-10(8)15-11(12)14-9/h2-3,6-7H,4-5H2,1H3,(H,13,14,15). The molecular weight excluding hydrogens is 258 g/mol. The lowest BCUT2D eigenvalue weighted by Crippen LogP contribution is -2.40. The second-order valence-electron chi connectivity index (χ2n) is 4.15. The Balaban J connectivity index is 1.83. The second-order valence-corrected chi connectivity index (χ2v) is 5.38. The molecule has 0 saturated heterocycles. The van der Waals surface area contributed by atoms with Crippen LogP contribution >= 0.6 is 22.9 Å². The maximum absolute atomic E-state index is 5.90. The van der Waals surface area contributed by atoms with Crippen LogP contribution in [-0.2, 0) is 4.74 Å². The third-order valence-electron chi connectivity index (χ3n) is 3.07. The first-order valence-electron chi connectivity index (χ1n) is 5.46. The maximum atomic E-state index is 5.90. The van der Waals surface area contributed by atoms with E-state index >= 15 is 0 Å². The van der Waals surface area contributed by atoms with Crippen molar-refractivity contribution in [2.45, 2.75) is 25.0 Å². The van der Waals surface area contributed by atoms with E-state index in [4.69, 9.17) is 16.3 Å². The van der Waals surface area contributed by atoms with Crippen LogP contribution in [0.1, 0.15) is 12.8 Å². The van der Waals surface area contributed by atoms with E-state index in [2.05, 4.69) is 15.3 Å². The smallest absolute Gasteiger partial charge is 0.225 e. The highest BCUT2D eigenvalue weighted by Crippen LogP contribution is 2.31. The zero-order valence-corrected chi connectivity index (χ0v) is 10.9. The molecule has 0 atom stereocenters. The maximum Gasteiger partial charge on any atom is 0.225 e. The summed E-state index contributed by atoms with van der Waals surface area (Å²) in [6.45, 7) is 0. The third kappa shape index (κ3) is 2.10. The second kappa shape index (κ2) is 4.40. The van der Waals surface area contributed by atoms with E-state index in [0.717, 1.165) is 28.9 Å². The van der Waals surface area contributed by atoms with E-state index in [-0.39, 0.29) is 0 Å². The molecule has 1 saturated carbocycles. The highest BCUT2D eigenvalue weighted by Gasteiger charge is 2.29. The SMILES string of the molecule is COC1CC(Nc2nc(Cl)nc3sccc23)C1. The van der Waals surface area contributed by atoms with Crippen LogP contribution < -0.4 is 5.32 Å². The highest BCUT2D eigenvalue weighted by atomic mass is 35.5. The molecule has 0 spiro atoms. The van der Waals surface area contributed by atoms with E-state index in [0.29, 0.717) is 17.4 Å². The number of nitrogens with one attached hydrogen (secondary N) is 1. The van der Waals surface area contributed by atoms with Gasteiger partial charge in [-0.2, -0.15) is 0 Å². The number of rotatable bonds is 3. The van der Waals surface area contributed by atoms with Crippen molar-refractivity contribution < 1.29 is 4.74 Å². The molecule has 2 aromatic rings. The fourth-order valence-electron chi connectivity index (χ4n) is 2.01. The summed E-state index contributed by atoms with van der Waals surface area (Å²) in [7, 11) is 1.75. The number of nitrogens with zero attached hydrogens (tertiary/aromatic N) is 2. The quantitative estimate of drug-likeness (QED) is 0.871. The Morgan fingerprint density at radius 2 is 2.29 bits per heavy atom. The van der Waals surface area contributed by atoms with Crippen molar-refractivity contribution in [3.05, 3.63) is 16.7 Å². The summed E-state index contributed by atoms with van der Waals surface area (Å²) in [5, 5.41) is 6.74. The largest absolute Gasteiger partial charge is 0.381 e. The van der Waals surface area contributed by atoms with Gasteiger partial charge in [-0.1, -0.05) is 0 Å². The van der Waals surface area contributed by atoms with Crippen LogP contribution in [-0.4, -0.2) is 29.2 Å². The van der Waals surface area contributed by atoms with Gasteiger partial charge in [-0.05, 0) is 35.9 Å². The van der Waals surface area contributed by atoms with E-state index in [9.17, 15) is 0 Å². The van der Waals surface area contributed by atoms with Crippen LogP contribution in [0.4, 0.5) is 5.82 Å². The molecule has 90 valence electrons. The molecule has 2 heterocycles. The van der Waals surface area contributed by atoms with E-state index in [1.807, 2.05) is 11.4 Å². The van der Waals surface area contributed by atoms with Gasteiger partial charge in [0.2, 0.25) is 5.28 Å². The Morgan fingerprint density at radius 3 is 3.06 bits per heavy atom. The molecule has 2 aromatic heterocycles. The van der Waals surface area contributed by atoms with Crippen molar-refractivity contribution >= 4 is 39.0 Å². The topological polar surface area (TPSA) is 47.0 Å². The van der Waals surface area contributed by atoms with Crippen LogP contribution in [0.25, 0.3) is 10.2 Å². The van der Waals surface area contributed by atoms with Gasteiger partial charge in [0.1, 0.15) is 10.6 Å². The van der Waals surface area contributed by atoms with E-state index < -0.39 is 0 Å². The molecule has 0 unspecified atom stereocenters. The molecule has 6 heteroatoms. The number of hydrogen-bond acceptors (Lipinski definition) is 5. The molecule has 0 amide bonds. The number of anilines is 1. The number of aromatic nitrogens is 2. The van der Waals surface area contributed by atoms with Gasteiger partial charge in [0.15, 0.2) is 0 Å². The monoisotopic (exact) mass is 269 g/mol. The molecule has 0 bridgehead atoms. The van der Waals surface area contributed by atoms with Gasteiger partial charge in [-0.15, -0.1) is 11.3 Å². The van der Waals surface area contributed by atoms with Gasteiger partial charge in [0.25, 0.3) is 0 Å². The average Bonchev–Trinajstić information content (AvgIpc) is 2.70. The number of methoxy groups -OCH3 is 1. The first kappa shape index (κ1) is 11.2. The summed E-state index contributed by atoms with van der Waals surface area (Å²) < 4.78 is 5.25. The summed E-state index contributed by atoms with van der Waals surface area (Å²) in [6, 6.07) is 2.44. The van der Waals surface area contributed by atoms with Gasteiger partial charge in [-0.25, -0.2) is 9.97 Å². The average molecular weight is 270 g/mol. The van der Waals surface area contributed by atoms with Crippen LogP contribution in [0.2, 0.25) is 5.28 Å². The Labute approximate surface area is 108 Å². The van der Waals surface area contributed by atoms with Crippen molar-refractivity contribution in [1.82, 2.24) is 9.97 Å². The Hall–Kier alpha value is -0.910. The van der Waals surface area contributed by atoms with Crippen molar-refractivity contribution in [2.24, 2.45) is 0 Å². The fourth-order valence-corrected chi connectivity index (χ4v) is 2.99. The van der Waals surface area contributed by atoms with E-state index in [1.54, 1.807) is 18.4 Å². The summed E-state index contributed by atoms with van der Waals surface area (Å²) in [5.74, 6) is 0.834. The minimum absolute atomic E-state index is 0.296. The van der Waals surface area contributed by atoms with Crippen molar-refractivity contribution in [1.29, 1.82) is 0 Å². The van der Waals surface area contributed by atoms with Crippen LogP contribution in [0, 0.1) is 0 Å². The molecule has 1 aliphatic rings. The lowest BCUT2D eigenvalue weighted by Gasteiger charge is -2.35. The molecule has 0 radical (unpaired) electrons. The molecule has 4 nitrogen and oxygen atoms in total. The summed E-state index contributed by atoms with van der Waals surface area (Å²) in [6.07, 6.45) is 2.41. The van der Waals surface area contributed by atoms with Gasteiger partial charge >= 0.3 is 0 Å². The van der Waals surface area contributed by atoms with Crippen molar-refractivity contribution in [3.63, 3.8) is 0 Å². The van der Waals surface area contributed by atoms with Gasteiger partial charge in [-0.3, -0.25) is 0 Å². The van der Waals surface area contributed by atoms with Gasteiger partial charge in [0, 0.05) is 13.2 Å². The zero-order chi connectivity index (χ0) is 11.8. The summed E-state index contributed by atoms with van der Waals surface area (Å²) >= 11 is 7.47. The Bertz CT molecular complexity index is 538. The van der Waals surface area contributed by atoms with Crippen LogP contribution in [0.3, 0.4) is 0 Å². The molecule has 17 heavy (non-hydrogen) atoms. The lowest BCUT2D eigenvalue weighted by atomic mass is 9.89. The number of fused-ring (bicyclic) bond motifs is 1. The molecule has 1 fully saturated rings. The predicted molar refractivity (Wildman–Crippen MR) is 69.9 cm³/mol. The molecule has 0 aliphatic heterocycles. The third-order valence-corrected chi connectivity index (χ3v) is 4.04. The number of thiophene rings is 1.